The smallest absolute Gasteiger partial charge is 0.333 e. The summed E-state index contributed by atoms with van der Waals surface area (Å²) in [4.78, 5) is 22.4. The quantitative estimate of drug-likeness (QED) is 0.675. The fraction of sp³-hybridized carbons (Fsp3) is 0.333. The van der Waals surface area contributed by atoms with Crippen LogP contribution in [-0.2, 0) is 4.79 Å². The average Bonchev–Trinajstić information content (AvgIpc) is 2.43. The molecule has 3 amide bonds. The van der Waals surface area contributed by atoms with Gasteiger partial charge < -0.3 is 14.8 Å². The molecule has 0 aromatic heterocycles. The monoisotopic (exact) mass is 267 g/mol. The number of nitrogens with one attached hydrogen (secondary N) is 3. The second-order valence-electron chi connectivity index (χ2n) is 3.47. The number of hydrogen-bond donors (Lipinski definition) is 3. The summed E-state index contributed by atoms with van der Waals surface area (Å²) in [7, 11) is 1.51. The number of urea groups is 1. The Kier molecular flexibility index (Phi) is 6.00. The van der Waals surface area contributed by atoms with Crippen molar-refractivity contribution in [2.24, 2.45) is 0 Å². The van der Waals surface area contributed by atoms with Crippen LogP contribution in [0.4, 0.5) is 4.79 Å². The number of carbonyl (C=O) groups is 2. The van der Waals surface area contributed by atoms with E-state index in [1.807, 2.05) is 0 Å². The minimum Gasteiger partial charge on any atom is -0.493 e. The molecule has 0 aliphatic rings. The van der Waals surface area contributed by atoms with Gasteiger partial charge in [0.2, 0.25) is 0 Å². The Labute approximate surface area is 111 Å². The zero-order chi connectivity index (χ0) is 14.1. The number of ether oxygens (including phenoxy) is 2. The molecule has 0 saturated heterocycles. The number of hydrazine groups is 1. The molecule has 104 valence electrons. The van der Waals surface area contributed by atoms with E-state index in [9.17, 15) is 9.59 Å². The van der Waals surface area contributed by atoms with E-state index in [1.165, 1.54) is 7.11 Å². The standard InChI is InChI=1S/C12H17N3O4/c1-3-13-12(17)15-14-11(16)8-19-10-7-5-4-6-9(10)18-2/h4-7H,3,8H2,1-2H3,(H,14,16)(H2,13,15,17). The molecule has 0 heterocycles. The molecule has 0 aliphatic carbocycles. The summed E-state index contributed by atoms with van der Waals surface area (Å²) in [6, 6.07) is 6.49. The molecule has 1 aromatic carbocycles. The number of methoxy groups -OCH3 is 1. The maximum Gasteiger partial charge on any atom is 0.333 e. The van der Waals surface area contributed by atoms with Crippen LogP contribution in [0.15, 0.2) is 24.3 Å². The van der Waals surface area contributed by atoms with Crippen LogP contribution in [0, 0.1) is 0 Å². The highest BCUT2D eigenvalue weighted by Gasteiger charge is 2.07. The summed E-state index contributed by atoms with van der Waals surface area (Å²) in [5.74, 6) is 0.516. The van der Waals surface area contributed by atoms with Gasteiger partial charge in [0.1, 0.15) is 0 Å². The molecule has 0 fully saturated rings. The predicted octanol–water partition coefficient (Wildman–Crippen LogP) is 0.424. The van der Waals surface area contributed by atoms with Crippen molar-refractivity contribution in [3.8, 4) is 11.5 Å². The number of rotatable bonds is 5. The highest BCUT2D eigenvalue weighted by molar-refractivity contribution is 5.81. The molecule has 0 radical (unpaired) electrons. The molecule has 1 rings (SSSR count). The second kappa shape index (κ2) is 7.80. The SMILES string of the molecule is CCNC(=O)NNC(=O)COc1ccccc1OC. The zero-order valence-electron chi connectivity index (χ0n) is 10.9. The van der Waals surface area contributed by atoms with Crippen LogP contribution in [0.25, 0.3) is 0 Å². The van der Waals surface area contributed by atoms with Crippen molar-refractivity contribution in [3.05, 3.63) is 24.3 Å². The summed E-state index contributed by atoms with van der Waals surface area (Å²) >= 11 is 0. The largest absolute Gasteiger partial charge is 0.493 e. The van der Waals surface area contributed by atoms with E-state index in [1.54, 1.807) is 31.2 Å². The zero-order valence-corrected chi connectivity index (χ0v) is 10.9. The first-order valence-corrected chi connectivity index (χ1v) is 5.75. The minimum absolute atomic E-state index is 0.229. The van der Waals surface area contributed by atoms with Crippen LogP contribution in [0.5, 0.6) is 11.5 Å². The Morgan fingerprint density at radius 1 is 1.16 bits per heavy atom. The first-order chi connectivity index (χ1) is 9.17. The molecular weight excluding hydrogens is 250 g/mol. The lowest BCUT2D eigenvalue weighted by atomic mass is 10.3. The fourth-order valence-corrected chi connectivity index (χ4v) is 1.25. The maximum atomic E-state index is 11.4. The molecule has 3 N–H and O–H groups in total. The average molecular weight is 267 g/mol. The Balaban J connectivity index is 2.35. The van der Waals surface area contributed by atoms with Crippen LogP contribution < -0.4 is 25.6 Å². The van der Waals surface area contributed by atoms with Crippen LogP contribution in [0.2, 0.25) is 0 Å². The number of para-hydroxylation sites is 2. The molecule has 0 spiro atoms. The Hall–Kier alpha value is -2.44. The normalized spacial score (nSPS) is 9.37. The van der Waals surface area contributed by atoms with Crippen LogP contribution in [0.1, 0.15) is 6.92 Å². The van der Waals surface area contributed by atoms with Crippen LogP contribution in [-0.4, -0.2) is 32.2 Å². The van der Waals surface area contributed by atoms with Crippen molar-refractivity contribution in [3.63, 3.8) is 0 Å². The van der Waals surface area contributed by atoms with Gasteiger partial charge in [-0.15, -0.1) is 0 Å². The number of benzene rings is 1. The lowest BCUT2D eigenvalue weighted by Gasteiger charge is -2.11. The van der Waals surface area contributed by atoms with Gasteiger partial charge >= 0.3 is 6.03 Å². The fourth-order valence-electron chi connectivity index (χ4n) is 1.25. The molecule has 7 nitrogen and oxygen atoms in total. The highest BCUT2D eigenvalue weighted by Crippen LogP contribution is 2.25. The molecule has 0 bridgehead atoms. The first-order valence-electron chi connectivity index (χ1n) is 5.75. The summed E-state index contributed by atoms with van der Waals surface area (Å²) in [6.45, 7) is 2.01. The summed E-state index contributed by atoms with van der Waals surface area (Å²) in [6.07, 6.45) is 0. The molecule has 0 aliphatic heterocycles. The minimum atomic E-state index is -0.479. The lowest BCUT2D eigenvalue weighted by molar-refractivity contribution is -0.123. The number of hydrogen-bond acceptors (Lipinski definition) is 4. The topological polar surface area (TPSA) is 88.7 Å². The van der Waals surface area contributed by atoms with Crippen molar-refractivity contribution in [1.82, 2.24) is 16.2 Å². The predicted molar refractivity (Wildman–Crippen MR) is 68.8 cm³/mol. The summed E-state index contributed by atoms with van der Waals surface area (Å²) in [5.41, 5.74) is 4.40. The van der Waals surface area contributed by atoms with E-state index in [0.29, 0.717) is 18.0 Å². The van der Waals surface area contributed by atoms with Gasteiger partial charge in [0, 0.05) is 6.54 Å². The summed E-state index contributed by atoms with van der Waals surface area (Å²) < 4.78 is 10.3. The molecule has 0 saturated carbocycles. The van der Waals surface area contributed by atoms with Gasteiger partial charge in [-0.05, 0) is 19.1 Å². The van der Waals surface area contributed by atoms with E-state index in [2.05, 4.69) is 16.2 Å². The van der Waals surface area contributed by atoms with Gasteiger partial charge in [0.05, 0.1) is 7.11 Å². The van der Waals surface area contributed by atoms with Gasteiger partial charge in [-0.25, -0.2) is 10.2 Å². The van der Waals surface area contributed by atoms with Gasteiger partial charge in [0.15, 0.2) is 18.1 Å². The lowest BCUT2D eigenvalue weighted by Crippen LogP contribution is -2.48. The van der Waals surface area contributed by atoms with E-state index in [0.717, 1.165) is 0 Å². The highest BCUT2D eigenvalue weighted by atomic mass is 16.5. The third-order valence-corrected chi connectivity index (χ3v) is 2.08. The third kappa shape index (κ3) is 5.15. The Morgan fingerprint density at radius 2 is 1.84 bits per heavy atom. The third-order valence-electron chi connectivity index (χ3n) is 2.08. The van der Waals surface area contributed by atoms with E-state index >= 15 is 0 Å². The van der Waals surface area contributed by atoms with Gasteiger partial charge in [-0.3, -0.25) is 10.2 Å². The van der Waals surface area contributed by atoms with Crippen molar-refractivity contribution < 1.29 is 19.1 Å². The Bertz CT molecular complexity index is 437. The van der Waals surface area contributed by atoms with Gasteiger partial charge in [-0.1, -0.05) is 12.1 Å². The van der Waals surface area contributed by atoms with Gasteiger partial charge in [-0.2, -0.15) is 0 Å². The van der Waals surface area contributed by atoms with Crippen molar-refractivity contribution >= 4 is 11.9 Å². The Morgan fingerprint density at radius 3 is 2.47 bits per heavy atom. The summed E-state index contributed by atoms with van der Waals surface area (Å²) in [5, 5.41) is 2.47. The maximum absolute atomic E-state index is 11.4. The molecule has 19 heavy (non-hydrogen) atoms. The van der Waals surface area contributed by atoms with Crippen molar-refractivity contribution in [2.75, 3.05) is 20.3 Å². The molecule has 1 aromatic rings. The van der Waals surface area contributed by atoms with Crippen LogP contribution in [0.3, 0.4) is 0 Å². The molecule has 7 heteroatoms. The van der Waals surface area contributed by atoms with Gasteiger partial charge in [0.25, 0.3) is 5.91 Å². The first kappa shape index (κ1) is 14.6. The molecule has 0 atom stereocenters. The van der Waals surface area contributed by atoms with E-state index in [-0.39, 0.29) is 6.61 Å². The molecule has 0 unspecified atom stereocenters. The molecular formula is C12H17N3O4. The number of amides is 3. The second-order valence-corrected chi connectivity index (χ2v) is 3.47. The van der Waals surface area contributed by atoms with Crippen molar-refractivity contribution in [2.45, 2.75) is 6.92 Å². The van der Waals surface area contributed by atoms with Crippen molar-refractivity contribution in [1.29, 1.82) is 0 Å². The number of carbonyl (C=O) groups excluding carboxylic acids is 2. The van der Waals surface area contributed by atoms with E-state index < -0.39 is 11.9 Å². The van der Waals surface area contributed by atoms with E-state index in [4.69, 9.17) is 9.47 Å². The van der Waals surface area contributed by atoms with Crippen LogP contribution >= 0.6 is 0 Å².